The second-order valence-electron chi connectivity index (χ2n) is 7.74. The summed E-state index contributed by atoms with van der Waals surface area (Å²) in [5, 5.41) is 3.36. The van der Waals surface area contributed by atoms with E-state index in [9.17, 15) is 14.4 Å². The van der Waals surface area contributed by atoms with Gasteiger partial charge in [0.2, 0.25) is 17.7 Å². The molecule has 4 rings (SSSR count). The minimum atomic E-state index is -0.343. The normalized spacial score (nSPS) is 34.9. The summed E-state index contributed by atoms with van der Waals surface area (Å²) in [6.45, 7) is 5.39. The van der Waals surface area contributed by atoms with E-state index in [0.29, 0.717) is 19.0 Å². The predicted octanol–water partition coefficient (Wildman–Crippen LogP) is -0.00310. The Morgan fingerprint density at radius 2 is 1.68 bits per heavy atom. The van der Waals surface area contributed by atoms with Crippen molar-refractivity contribution in [2.24, 2.45) is 17.8 Å². The molecule has 4 atom stereocenters. The number of piperidine rings is 1. The molecule has 4 unspecified atom stereocenters. The fourth-order valence-electron chi connectivity index (χ4n) is 4.90. The number of carbonyl (C=O) groups excluding carboxylic acids is 3. The van der Waals surface area contributed by atoms with Gasteiger partial charge in [-0.15, -0.1) is 0 Å². The van der Waals surface area contributed by atoms with Gasteiger partial charge in [0, 0.05) is 13.1 Å². The summed E-state index contributed by atoms with van der Waals surface area (Å²) in [6.07, 6.45) is 3.42. The van der Waals surface area contributed by atoms with Crippen LogP contribution in [0.15, 0.2) is 0 Å². The fourth-order valence-corrected chi connectivity index (χ4v) is 4.90. The second-order valence-corrected chi connectivity index (χ2v) is 7.74. The molecule has 1 N–H and O–H groups in total. The number of ether oxygens (including phenoxy) is 1. The number of carbonyl (C=O) groups is 3. The molecular weight excluding hydrogens is 322 g/mol. The molecule has 0 saturated carbocycles. The average molecular weight is 349 g/mol. The molecular formula is C18H27N3O4. The Balaban J connectivity index is 1.33. The molecule has 7 heteroatoms. The average Bonchev–Trinajstić information content (AvgIpc) is 3.30. The van der Waals surface area contributed by atoms with Crippen molar-refractivity contribution < 1.29 is 19.1 Å². The largest absolute Gasteiger partial charge is 0.373 e. The second kappa shape index (κ2) is 6.68. The molecule has 4 aliphatic rings. The van der Waals surface area contributed by atoms with Crippen LogP contribution in [0.2, 0.25) is 0 Å². The minimum absolute atomic E-state index is 0.0953. The van der Waals surface area contributed by atoms with Crippen molar-refractivity contribution in [3.8, 4) is 0 Å². The molecule has 0 aromatic rings. The third kappa shape index (κ3) is 2.87. The zero-order valence-corrected chi connectivity index (χ0v) is 14.8. The van der Waals surface area contributed by atoms with E-state index in [4.69, 9.17) is 4.74 Å². The number of nitrogens with zero attached hydrogens (tertiary/aromatic N) is 2. The Morgan fingerprint density at radius 3 is 2.24 bits per heavy atom. The van der Waals surface area contributed by atoms with Crippen LogP contribution in [0.1, 0.15) is 32.6 Å². The van der Waals surface area contributed by atoms with Gasteiger partial charge in [0.1, 0.15) is 6.54 Å². The van der Waals surface area contributed by atoms with Gasteiger partial charge in [-0.25, -0.2) is 0 Å². The highest BCUT2D eigenvalue weighted by molar-refractivity contribution is 6.08. The molecule has 138 valence electrons. The SMILES string of the molecule is CCNCC1CCN(C(=O)CN2C(=O)C3C4CCC(O4)C3C2=O)CC1. The van der Waals surface area contributed by atoms with Crippen molar-refractivity contribution in [1.82, 2.24) is 15.1 Å². The summed E-state index contributed by atoms with van der Waals surface area (Å²) in [5.74, 6) is -0.576. The van der Waals surface area contributed by atoms with Crippen molar-refractivity contribution >= 4 is 17.7 Å². The molecule has 2 bridgehead atoms. The van der Waals surface area contributed by atoms with Crippen LogP contribution >= 0.6 is 0 Å². The lowest BCUT2D eigenvalue weighted by Gasteiger charge is -2.33. The molecule has 4 saturated heterocycles. The molecule has 0 spiro atoms. The first-order valence-electron chi connectivity index (χ1n) is 9.59. The zero-order valence-electron chi connectivity index (χ0n) is 14.8. The third-order valence-corrected chi connectivity index (χ3v) is 6.32. The smallest absolute Gasteiger partial charge is 0.242 e. The Morgan fingerprint density at radius 1 is 1.08 bits per heavy atom. The van der Waals surface area contributed by atoms with Gasteiger partial charge in [0.25, 0.3) is 0 Å². The molecule has 4 fully saturated rings. The number of amides is 3. The van der Waals surface area contributed by atoms with Gasteiger partial charge in [0.15, 0.2) is 0 Å². The van der Waals surface area contributed by atoms with E-state index in [1.807, 2.05) is 4.90 Å². The van der Waals surface area contributed by atoms with Gasteiger partial charge in [-0.2, -0.15) is 0 Å². The topological polar surface area (TPSA) is 79.0 Å². The number of imide groups is 1. The quantitative estimate of drug-likeness (QED) is 0.707. The number of rotatable bonds is 5. The summed E-state index contributed by atoms with van der Waals surface area (Å²) in [4.78, 5) is 40.9. The maximum absolute atomic E-state index is 12.6. The van der Waals surface area contributed by atoms with E-state index < -0.39 is 0 Å². The van der Waals surface area contributed by atoms with Gasteiger partial charge >= 0.3 is 0 Å². The molecule has 0 aliphatic carbocycles. The van der Waals surface area contributed by atoms with Crippen LogP contribution in [0.3, 0.4) is 0 Å². The summed E-state index contributed by atoms with van der Waals surface area (Å²) in [7, 11) is 0. The molecule has 0 aromatic carbocycles. The zero-order chi connectivity index (χ0) is 17.6. The van der Waals surface area contributed by atoms with E-state index in [1.54, 1.807) is 0 Å². The molecule has 4 aliphatic heterocycles. The first kappa shape index (κ1) is 17.0. The number of likely N-dealkylation sites (tertiary alicyclic amines) is 2. The van der Waals surface area contributed by atoms with E-state index in [0.717, 1.165) is 38.8 Å². The lowest BCUT2D eigenvalue weighted by atomic mass is 9.81. The first-order chi connectivity index (χ1) is 12.1. The van der Waals surface area contributed by atoms with E-state index in [1.165, 1.54) is 4.90 Å². The highest BCUT2D eigenvalue weighted by atomic mass is 16.5. The van der Waals surface area contributed by atoms with E-state index in [2.05, 4.69) is 12.2 Å². The highest BCUT2D eigenvalue weighted by Crippen LogP contribution is 2.48. The van der Waals surface area contributed by atoms with Crippen LogP contribution in [0, 0.1) is 17.8 Å². The van der Waals surface area contributed by atoms with Gasteiger partial charge in [-0.1, -0.05) is 6.92 Å². The standard InChI is InChI=1S/C18H27N3O4/c1-2-19-9-11-5-7-20(8-6-11)14(22)10-21-17(23)15-12-3-4-13(25-12)16(15)18(21)24/h11-13,15-16,19H,2-10H2,1H3. The number of hydrogen-bond acceptors (Lipinski definition) is 5. The lowest BCUT2D eigenvalue weighted by Crippen LogP contribution is -2.47. The maximum Gasteiger partial charge on any atom is 0.242 e. The van der Waals surface area contributed by atoms with Gasteiger partial charge in [-0.05, 0) is 44.7 Å². The van der Waals surface area contributed by atoms with E-state index in [-0.39, 0.29) is 48.3 Å². The third-order valence-electron chi connectivity index (χ3n) is 6.32. The Hall–Kier alpha value is -1.47. The summed E-state index contributed by atoms with van der Waals surface area (Å²) in [5.41, 5.74) is 0. The Labute approximate surface area is 148 Å². The maximum atomic E-state index is 12.6. The Bertz CT molecular complexity index is 545. The van der Waals surface area contributed by atoms with Crippen LogP contribution in [0.4, 0.5) is 0 Å². The molecule has 25 heavy (non-hydrogen) atoms. The Kier molecular flexibility index (Phi) is 4.54. The van der Waals surface area contributed by atoms with Crippen molar-refractivity contribution in [1.29, 1.82) is 0 Å². The van der Waals surface area contributed by atoms with Crippen molar-refractivity contribution in [2.75, 3.05) is 32.7 Å². The van der Waals surface area contributed by atoms with Crippen LogP contribution in [0.25, 0.3) is 0 Å². The van der Waals surface area contributed by atoms with Gasteiger partial charge < -0.3 is 15.0 Å². The van der Waals surface area contributed by atoms with Crippen molar-refractivity contribution in [2.45, 2.75) is 44.8 Å². The number of hydrogen-bond donors (Lipinski definition) is 1. The minimum Gasteiger partial charge on any atom is -0.373 e. The molecule has 7 nitrogen and oxygen atoms in total. The lowest BCUT2D eigenvalue weighted by molar-refractivity contribution is -0.149. The van der Waals surface area contributed by atoms with Gasteiger partial charge in [-0.3, -0.25) is 19.3 Å². The molecule has 0 radical (unpaired) electrons. The van der Waals surface area contributed by atoms with Crippen LogP contribution in [-0.4, -0.2) is 72.5 Å². The summed E-state index contributed by atoms with van der Waals surface area (Å²) in [6, 6.07) is 0. The van der Waals surface area contributed by atoms with Crippen LogP contribution in [0.5, 0.6) is 0 Å². The summed E-state index contributed by atoms with van der Waals surface area (Å²) >= 11 is 0. The van der Waals surface area contributed by atoms with Crippen LogP contribution in [-0.2, 0) is 19.1 Å². The van der Waals surface area contributed by atoms with E-state index >= 15 is 0 Å². The van der Waals surface area contributed by atoms with Gasteiger partial charge in [0.05, 0.1) is 24.0 Å². The number of fused-ring (bicyclic) bond motifs is 5. The highest BCUT2D eigenvalue weighted by Gasteiger charge is 2.62. The summed E-state index contributed by atoms with van der Waals surface area (Å²) < 4.78 is 5.72. The predicted molar refractivity (Wildman–Crippen MR) is 89.4 cm³/mol. The van der Waals surface area contributed by atoms with Crippen molar-refractivity contribution in [3.63, 3.8) is 0 Å². The number of nitrogens with one attached hydrogen (secondary N) is 1. The van der Waals surface area contributed by atoms with Crippen LogP contribution < -0.4 is 5.32 Å². The molecule has 0 aromatic heterocycles. The molecule has 3 amide bonds. The van der Waals surface area contributed by atoms with Crippen molar-refractivity contribution in [3.05, 3.63) is 0 Å². The monoisotopic (exact) mass is 349 g/mol. The fraction of sp³-hybridized carbons (Fsp3) is 0.833. The molecule has 4 heterocycles. The first-order valence-corrected chi connectivity index (χ1v) is 9.59.